The van der Waals surface area contributed by atoms with E-state index in [9.17, 15) is 0 Å². The van der Waals surface area contributed by atoms with Gasteiger partial charge >= 0.3 is 0 Å². The maximum atomic E-state index is 3.47. The molecule has 0 aliphatic heterocycles. The smallest absolute Gasteiger partial charge is 0.0173 e. The van der Waals surface area contributed by atoms with Crippen molar-refractivity contribution in [3.8, 4) is 0 Å². The highest BCUT2D eigenvalue weighted by Crippen LogP contribution is 1.75. The Bertz CT molecular complexity index is 20.9. The van der Waals surface area contributed by atoms with Gasteiger partial charge < -0.3 is 0 Å². The molecular weight excluding hydrogens is 174 g/mol. The summed E-state index contributed by atoms with van der Waals surface area (Å²) in [6, 6.07) is 0. The Morgan fingerprint density at radius 2 is 2.00 bits per heavy atom. The minimum atomic E-state index is 0. The molecule has 0 spiro atoms. The van der Waals surface area contributed by atoms with Gasteiger partial charge in [-0.25, -0.2) is 0 Å². The highest BCUT2D eigenvalue weighted by atomic mass is 127. The molecule has 2 heteroatoms. The summed E-state index contributed by atoms with van der Waals surface area (Å²) in [7, 11) is 0. The van der Waals surface area contributed by atoms with Crippen molar-refractivity contribution in [1.29, 1.82) is 0 Å². The molecule has 0 aromatic heterocycles. The van der Waals surface area contributed by atoms with E-state index < -0.39 is 0 Å². The lowest BCUT2D eigenvalue weighted by Gasteiger charge is -1.55. The average Bonchev–Trinajstić information content (AvgIpc) is 1.37. The normalized spacial score (nSPS) is 5.00. The first-order valence-electron chi connectivity index (χ1n) is 1.08. The standard InChI is InChI=1S/C3H5I.B/c1-2-3-4;/h2H,1,3H2;. The molecule has 3 radical (unpaired) electrons. The molecule has 0 fully saturated rings. The van der Waals surface area contributed by atoms with Crippen LogP contribution in [-0.2, 0) is 0 Å². The van der Waals surface area contributed by atoms with Crippen LogP contribution in [0.3, 0.4) is 0 Å². The Morgan fingerprint density at radius 1 is 1.80 bits per heavy atom. The predicted octanol–water partition coefficient (Wildman–Crippen LogP) is 1.23. The highest BCUT2D eigenvalue weighted by Gasteiger charge is 1.47. The van der Waals surface area contributed by atoms with Crippen LogP contribution in [0.1, 0.15) is 0 Å². The Hall–Kier alpha value is 0.535. The average molecular weight is 179 g/mol. The zero-order valence-electron chi connectivity index (χ0n) is 2.95. The third-order valence-electron chi connectivity index (χ3n) is 0.109. The first kappa shape index (κ1) is 9.11. The van der Waals surface area contributed by atoms with Crippen molar-refractivity contribution >= 4 is 31.0 Å². The third-order valence-corrected chi connectivity index (χ3v) is 0.732. The molecule has 0 aliphatic carbocycles. The van der Waals surface area contributed by atoms with E-state index in [1.807, 2.05) is 6.08 Å². The topological polar surface area (TPSA) is 0 Å². The minimum Gasteiger partial charge on any atom is -0.102 e. The summed E-state index contributed by atoms with van der Waals surface area (Å²) in [5, 5.41) is 0. The monoisotopic (exact) mass is 179 g/mol. The Morgan fingerprint density at radius 3 is 2.00 bits per heavy atom. The van der Waals surface area contributed by atoms with Crippen LogP contribution in [0.2, 0.25) is 0 Å². The molecule has 0 N–H and O–H groups in total. The molecule has 5 heavy (non-hydrogen) atoms. The van der Waals surface area contributed by atoms with E-state index in [0.29, 0.717) is 0 Å². The van der Waals surface area contributed by atoms with Crippen molar-refractivity contribution in [1.82, 2.24) is 0 Å². The van der Waals surface area contributed by atoms with Crippen LogP contribution in [0, 0.1) is 0 Å². The molecule has 0 rings (SSSR count). The lowest BCUT2D eigenvalue weighted by molar-refractivity contribution is 1.90. The van der Waals surface area contributed by atoms with Crippen molar-refractivity contribution in [2.24, 2.45) is 0 Å². The summed E-state index contributed by atoms with van der Waals surface area (Å²) < 4.78 is 1.05. The fourth-order valence-corrected chi connectivity index (χ4v) is 0. The van der Waals surface area contributed by atoms with Gasteiger partial charge in [-0.2, -0.15) is 0 Å². The van der Waals surface area contributed by atoms with Crippen molar-refractivity contribution < 1.29 is 0 Å². The molecule has 0 amide bonds. The Kier molecular flexibility index (Phi) is 16.1. The summed E-state index contributed by atoms with van der Waals surface area (Å²) in [5.74, 6) is 0. The van der Waals surface area contributed by atoms with Gasteiger partial charge in [0.2, 0.25) is 0 Å². The summed E-state index contributed by atoms with van der Waals surface area (Å²) in [4.78, 5) is 0. The van der Waals surface area contributed by atoms with E-state index in [4.69, 9.17) is 0 Å². The lowest BCUT2D eigenvalue weighted by atomic mass is 10.8. The zero-order chi connectivity index (χ0) is 3.41. The molecule has 0 aromatic rings. The maximum Gasteiger partial charge on any atom is 0.0173 e. The van der Waals surface area contributed by atoms with Crippen LogP contribution in [-0.4, -0.2) is 12.8 Å². The van der Waals surface area contributed by atoms with Gasteiger partial charge in [0.25, 0.3) is 0 Å². The molecule has 0 saturated heterocycles. The second-order valence-electron chi connectivity index (χ2n) is 0.443. The van der Waals surface area contributed by atoms with Crippen LogP contribution in [0.5, 0.6) is 0 Å². The lowest BCUT2D eigenvalue weighted by Crippen LogP contribution is -1.43. The Labute approximate surface area is 48.4 Å². The van der Waals surface area contributed by atoms with E-state index in [0.717, 1.165) is 4.43 Å². The van der Waals surface area contributed by atoms with Gasteiger partial charge in [0, 0.05) is 12.8 Å². The first-order chi connectivity index (χ1) is 1.91. The van der Waals surface area contributed by atoms with E-state index in [-0.39, 0.29) is 8.41 Å². The van der Waals surface area contributed by atoms with Crippen LogP contribution in [0.4, 0.5) is 0 Å². The molecule has 0 heterocycles. The van der Waals surface area contributed by atoms with E-state index in [1.165, 1.54) is 0 Å². The number of allylic oxidation sites excluding steroid dienone is 1. The fourth-order valence-electron chi connectivity index (χ4n) is 0. The van der Waals surface area contributed by atoms with Crippen LogP contribution in [0.15, 0.2) is 12.7 Å². The largest absolute Gasteiger partial charge is 0.102 e. The van der Waals surface area contributed by atoms with Crippen molar-refractivity contribution in [2.75, 3.05) is 4.43 Å². The molecule has 0 nitrogen and oxygen atoms in total. The molecule has 0 atom stereocenters. The highest BCUT2D eigenvalue weighted by molar-refractivity contribution is 14.1. The predicted molar refractivity (Wildman–Crippen MR) is 34.8 cm³/mol. The van der Waals surface area contributed by atoms with Crippen molar-refractivity contribution in [3.05, 3.63) is 12.7 Å². The number of halogens is 1. The second-order valence-corrected chi connectivity index (χ2v) is 1.32. The molecule has 0 unspecified atom stereocenters. The number of hydrogen-bond donors (Lipinski definition) is 0. The third kappa shape index (κ3) is 12.4. The van der Waals surface area contributed by atoms with Crippen molar-refractivity contribution in [2.45, 2.75) is 0 Å². The molecular formula is C3H5BI. The second kappa shape index (κ2) is 8.82. The minimum absolute atomic E-state index is 0. The van der Waals surface area contributed by atoms with E-state index >= 15 is 0 Å². The summed E-state index contributed by atoms with van der Waals surface area (Å²) in [6.45, 7) is 3.47. The van der Waals surface area contributed by atoms with Gasteiger partial charge in [-0.15, -0.1) is 6.58 Å². The van der Waals surface area contributed by atoms with Crippen molar-refractivity contribution in [3.63, 3.8) is 0 Å². The zero-order valence-corrected chi connectivity index (χ0v) is 5.10. The Balaban J connectivity index is 0. The molecule has 0 saturated carbocycles. The van der Waals surface area contributed by atoms with Gasteiger partial charge in [-0.1, -0.05) is 28.7 Å². The van der Waals surface area contributed by atoms with Gasteiger partial charge in [-0.3, -0.25) is 0 Å². The van der Waals surface area contributed by atoms with Crippen LogP contribution in [0.25, 0.3) is 0 Å². The van der Waals surface area contributed by atoms with Crippen LogP contribution < -0.4 is 0 Å². The first-order valence-corrected chi connectivity index (χ1v) is 2.61. The van der Waals surface area contributed by atoms with E-state index in [1.54, 1.807) is 0 Å². The maximum absolute atomic E-state index is 3.47. The van der Waals surface area contributed by atoms with Gasteiger partial charge in [0.05, 0.1) is 0 Å². The number of rotatable bonds is 1. The van der Waals surface area contributed by atoms with Gasteiger partial charge in [0.1, 0.15) is 0 Å². The summed E-state index contributed by atoms with van der Waals surface area (Å²) in [6.07, 6.45) is 1.86. The van der Waals surface area contributed by atoms with Crippen LogP contribution >= 0.6 is 22.6 Å². The summed E-state index contributed by atoms with van der Waals surface area (Å²) in [5.41, 5.74) is 0. The van der Waals surface area contributed by atoms with Gasteiger partial charge in [-0.05, 0) is 0 Å². The number of hydrogen-bond acceptors (Lipinski definition) is 0. The van der Waals surface area contributed by atoms with Gasteiger partial charge in [0.15, 0.2) is 0 Å². The van der Waals surface area contributed by atoms with E-state index in [2.05, 4.69) is 29.2 Å². The SMILES string of the molecule is C=CCI.[B]. The fraction of sp³-hybridized carbons (Fsp3) is 0.333. The molecule has 0 aliphatic rings. The molecule has 0 bridgehead atoms. The summed E-state index contributed by atoms with van der Waals surface area (Å²) >= 11 is 2.23. The quantitative estimate of drug-likeness (QED) is 0.245. The molecule has 0 aromatic carbocycles. The number of alkyl halides is 1. The molecule has 27 valence electrons.